The summed E-state index contributed by atoms with van der Waals surface area (Å²) in [6, 6.07) is 12.8. The molecule has 0 saturated carbocycles. The fourth-order valence-electron chi connectivity index (χ4n) is 1.67. The maximum atomic E-state index is 13.0. The Morgan fingerprint density at radius 3 is 2.42 bits per heavy atom. The second-order valence-electron chi connectivity index (χ2n) is 4.56. The molecule has 2 aromatic carbocycles. The summed E-state index contributed by atoms with van der Waals surface area (Å²) in [6.45, 7) is 1.78. The molecule has 0 radical (unpaired) electrons. The minimum Gasteiger partial charge on any atom is -0.457 e. The van der Waals surface area contributed by atoms with Crippen LogP contribution < -0.4 is 10.5 Å². The van der Waals surface area contributed by atoms with Gasteiger partial charge in [0.1, 0.15) is 17.3 Å². The Morgan fingerprint density at radius 1 is 1.16 bits per heavy atom. The van der Waals surface area contributed by atoms with E-state index < -0.39 is 5.60 Å². The Labute approximate surface area is 111 Å². The summed E-state index contributed by atoms with van der Waals surface area (Å²) in [5, 5.41) is 10.00. The van der Waals surface area contributed by atoms with Crippen molar-refractivity contribution in [1.82, 2.24) is 0 Å². The van der Waals surface area contributed by atoms with Crippen molar-refractivity contribution < 1.29 is 14.2 Å². The minimum absolute atomic E-state index is 0.136. The summed E-state index contributed by atoms with van der Waals surface area (Å²) >= 11 is 0. The average Bonchev–Trinajstić information content (AvgIpc) is 2.39. The van der Waals surface area contributed by atoms with Gasteiger partial charge in [-0.05, 0) is 36.8 Å². The number of ether oxygens (including phenoxy) is 1. The first-order chi connectivity index (χ1) is 9.01. The quantitative estimate of drug-likeness (QED) is 0.889. The van der Waals surface area contributed by atoms with Crippen molar-refractivity contribution in [3.63, 3.8) is 0 Å². The van der Waals surface area contributed by atoms with E-state index in [1.807, 2.05) is 0 Å². The van der Waals surface area contributed by atoms with Gasteiger partial charge in [-0.2, -0.15) is 0 Å². The molecule has 1 unspecified atom stereocenters. The summed E-state index contributed by atoms with van der Waals surface area (Å²) in [5.41, 5.74) is 5.15. The first kappa shape index (κ1) is 13.5. The molecule has 19 heavy (non-hydrogen) atoms. The molecule has 3 N–H and O–H groups in total. The van der Waals surface area contributed by atoms with E-state index in [2.05, 4.69) is 0 Å². The maximum Gasteiger partial charge on any atom is 0.130 e. The molecule has 2 aromatic rings. The smallest absolute Gasteiger partial charge is 0.130 e. The number of nitrogens with two attached hydrogens (primary N) is 1. The molecule has 0 fully saturated rings. The van der Waals surface area contributed by atoms with Crippen LogP contribution in [0.1, 0.15) is 12.5 Å². The van der Waals surface area contributed by atoms with Gasteiger partial charge >= 0.3 is 0 Å². The molecule has 0 aliphatic carbocycles. The van der Waals surface area contributed by atoms with Crippen LogP contribution in [0.3, 0.4) is 0 Å². The summed E-state index contributed by atoms with van der Waals surface area (Å²) in [4.78, 5) is 0. The van der Waals surface area contributed by atoms with Gasteiger partial charge in [0.25, 0.3) is 0 Å². The maximum absolute atomic E-state index is 13.0. The summed E-state index contributed by atoms with van der Waals surface area (Å²) < 4.78 is 18.5. The average molecular weight is 261 g/mol. The number of aliphatic hydroxyl groups is 1. The van der Waals surface area contributed by atoms with Crippen molar-refractivity contribution in [2.24, 2.45) is 5.73 Å². The van der Waals surface area contributed by atoms with Gasteiger partial charge in [0.2, 0.25) is 0 Å². The van der Waals surface area contributed by atoms with Gasteiger partial charge in [0.15, 0.2) is 0 Å². The fourth-order valence-corrected chi connectivity index (χ4v) is 1.67. The lowest BCUT2D eigenvalue weighted by Gasteiger charge is -2.21. The van der Waals surface area contributed by atoms with Crippen LogP contribution in [-0.4, -0.2) is 11.7 Å². The lowest BCUT2D eigenvalue weighted by molar-refractivity contribution is 0.0668. The molecule has 0 amide bonds. The number of hydrogen-bond donors (Lipinski definition) is 2. The van der Waals surface area contributed by atoms with Gasteiger partial charge in [-0.3, -0.25) is 0 Å². The van der Waals surface area contributed by atoms with Gasteiger partial charge in [0.05, 0.1) is 5.60 Å². The zero-order valence-electron chi connectivity index (χ0n) is 10.6. The van der Waals surface area contributed by atoms with E-state index in [1.165, 1.54) is 12.1 Å². The molecular formula is C15H16FNO2. The van der Waals surface area contributed by atoms with Gasteiger partial charge < -0.3 is 15.6 Å². The van der Waals surface area contributed by atoms with Crippen LogP contribution in [0, 0.1) is 5.82 Å². The Bertz CT molecular complexity index is 552. The standard InChI is InChI=1S/C15H16FNO2/c1-15(18,10-17)11-5-7-13(8-6-11)19-14-4-2-3-12(16)9-14/h2-9,18H,10,17H2,1H3. The molecule has 0 spiro atoms. The molecular weight excluding hydrogens is 245 g/mol. The molecule has 0 aliphatic heterocycles. The topological polar surface area (TPSA) is 55.5 Å². The monoisotopic (exact) mass is 261 g/mol. The van der Waals surface area contributed by atoms with E-state index in [-0.39, 0.29) is 12.4 Å². The predicted molar refractivity (Wildman–Crippen MR) is 71.5 cm³/mol. The van der Waals surface area contributed by atoms with Crippen molar-refractivity contribution >= 4 is 0 Å². The summed E-state index contributed by atoms with van der Waals surface area (Å²) in [6.07, 6.45) is 0. The van der Waals surface area contributed by atoms with E-state index in [0.29, 0.717) is 17.1 Å². The Morgan fingerprint density at radius 2 is 1.84 bits per heavy atom. The highest BCUT2D eigenvalue weighted by Crippen LogP contribution is 2.25. The van der Waals surface area contributed by atoms with Crippen LogP contribution in [0.25, 0.3) is 0 Å². The van der Waals surface area contributed by atoms with Gasteiger partial charge in [0, 0.05) is 12.6 Å². The van der Waals surface area contributed by atoms with Crippen LogP contribution in [0.5, 0.6) is 11.5 Å². The first-order valence-corrected chi connectivity index (χ1v) is 5.98. The molecule has 2 rings (SSSR count). The highest BCUT2D eigenvalue weighted by atomic mass is 19.1. The van der Waals surface area contributed by atoms with Gasteiger partial charge in [-0.15, -0.1) is 0 Å². The van der Waals surface area contributed by atoms with Crippen molar-refractivity contribution in [2.75, 3.05) is 6.54 Å². The van der Waals surface area contributed by atoms with Crippen molar-refractivity contribution in [2.45, 2.75) is 12.5 Å². The van der Waals surface area contributed by atoms with Gasteiger partial charge in [-0.1, -0.05) is 18.2 Å². The van der Waals surface area contributed by atoms with E-state index in [1.54, 1.807) is 43.3 Å². The van der Waals surface area contributed by atoms with E-state index in [0.717, 1.165) is 0 Å². The Kier molecular flexibility index (Phi) is 3.83. The lowest BCUT2D eigenvalue weighted by atomic mass is 9.96. The van der Waals surface area contributed by atoms with E-state index in [4.69, 9.17) is 10.5 Å². The summed E-state index contributed by atoms with van der Waals surface area (Å²) in [7, 11) is 0. The van der Waals surface area contributed by atoms with E-state index in [9.17, 15) is 9.50 Å². The molecule has 1 atom stereocenters. The second-order valence-corrected chi connectivity index (χ2v) is 4.56. The number of hydrogen-bond acceptors (Lipinski definition) is 3. The van der Waals surface area contributed by atoms with Crippen molar-refractivity contribution in [3.8, 4) is 11.5 Å². The third-order valence-corrected chi connectivity index (χ3v) is 2.91. The zero-order chi connectivity index (χ0) is 13.9. The highest BCUT2D eigenvalue weighted by Gasteiger charge is 2.20. The molecule has 0 heterocycles. The largest absolute Gasteiger partial charge is 0.457 e. The molecule has 0 aliphatic rings. The van der Waals surface area contributed by atoms with Crippen LogP contribution in [0.2, 0.25) is 0 Å². The molecule has 0 aromatic heterocycles. The third kappa shape index (κ3) is 3.30. The molecule has 3 nitrogen and oxygen atoms in total. The summed E-state index contributed by atoms with van der Waals surface area (Å²) in [5.74, 6) is 0.653. The van der Waals surface area contributed by atoms with Crippen molar-refractivity contribution in [3.05, 3.63) is 59.9 Å². The minimum atomic E-state index is -1.06. The van der Waals surface area contributed by atoms with Crippen molar-refractivity contribution in [1.29, 1.82) is 0 Å². The number of benzene rings is 2. The lowest BCUT2D eigenvalue weighted by Crippen LogP contribution is -2.31. The first-order valence-electron chi connectivity index (χ1n) is 5.98. The SMILES string of the molecule is CC(O)(CN)c1ccc(Oc2cccc(F)c2)cc1. The zero-order valence-corrected chi connectivity index (χ0v) is 10.6. The third-order valence-electron chi connectivity index (χ3n) is 2.91. The second kappa shape index (κ2) is 5.38. The predicted octanol–water partition coefficient (Wildman–Crippen LogP) is 2.78. The van der Waals surface area contributed by atoms with Crippen LogP contribution >= 0.6 is 0 Å². The fraction of sp³-hybridized carbons (Fsp3) is 0.200. The normalized spacial score (nSPS) is 13.9. The van der Waals surface area contributed by atoms with Crippen LogP contribution in [0.15, 0.2) is 48.5 Å². The molecule has 0 bridgehead atoms. The highest BCUT2D eigenvalue weighted by molar-refractivity contribution is 5.35. The van der Waals surface area contributed by atoms with Crippen LogP contribution in [0.4, 0.5) is 4.39 Å². The van der Waals surface area contributed by atoms with Gasteiger partial charge in [-0.25, -0.2) is 4.39 Å². The number of rotatable bonds is 4. The van der Waals surface area contributed by atoms with Crippen LogP contribution in [-0.2, 0) is 5.60 Å². The Hall–Kier alpha value is -1.91. The Balaban J connectivity index is 2.15. The molecule has 0 saturated heterocycles. The van der Waals surface area contributed by atoms with E-state index >= 15 is 0 Å². The molecule has 4 heteroatoms. The number of halogens is 1. The molecule has 100 valence electrons.